The maximum absolute atomic E-state index is 13.6. The molecule has 0 aromatic heterocycles. The molecule has 0 saturated heterocycles. The summed E-state index contributed by atoms with van der Waals surface area (Å²) in [7, 11) is -0.324. The molecule has 0 heterocycles. The molecule has 7 heteroatoms. The van der Waals surface area contributed by atoms with E-state index in [1.54, 1.807) is 12.1 Å². The van der Waals surface area contributed by atoms with E-state index in [1.165, 1.54) is 0 Å². The van der Waals surface area contributed by atoms with E-state index < -0.39 is 26.6 Å². The number of nitrogens with one attached hydrogen (secondary N) is 1. The highest BCUT2D eigenvalue weighted by atomic mass is 32.2. The van der Waals surface area contributed by atoms with Gasteiger partial charge in [0.25, 0.3) is 0 Å². The average Bonchev–Trinajstić information content (AvgIpc) is 2.48. The van der Waals surface area contributed by atoms with E-state index in [-0.39, 0.29) is 6.54 Å². The van der Waals surface area contributed by atoms with Crippen molar-refractivity contribution in [1.29, 1.82) is 0 Å². The summed E-state index contributed by atoms with van der Waals surface area (Å²) in [5, 5.41) is 0. The van der Waals surface area contributed by atoms with E-state index in [2.05, 4.69) is 4.72 Å². The first-order valence-corrected chi connectivity index (χ1v) is 8.44. The zero-order chi connectivity index (χ0) is 17.0. The first-order valence-electron chi connectivity index (χ1n) is 6.96. The van der Waals surface area contributed by atoms with Gasteiger partial charge in [0.2, 0.25) is 10.0 Å². The molecular weight excluding hydrogens is 322 g/mol. The monoisotopic (exact) mass is 340 g/mol. The fourth-order valence-electron chi connectivity index (χ4n) is 2.16. The summed E-state index contributed by atoms with van der Waals surface area (Å²) in [4.78, 5) is 1.27. The Morgan fingerprint density at radius 3 is 2.35 bits per heavy atom. The molecule has 23 heavy (non-hydrogen) atoms. The molecule has 2 rings (SSSR count). The molecule has 0 aliphatic carbocycles. The van der Waals surface area contributed by atoms with Crippen molar-refractivity contribution >= 4 is 10.0 Å². The normalized spacial score (nSPS) is 11.9. The zero-order valence-electron chi connectivity index (χ0n) is 12.9. The summed E-state index contributed by atoms with van der Waals surface area (Å²) >= 11 is 0. The Hall–Kier alpha value is -1.83. The lowest BCUT2D eigenvalue weighted by atomic mass is 10.1. The molecule has 0 aliphatic heterocycles. The van der Waals surface area contributed by atoms with Crippen LogP contribution in [0.2, 0.25) is 0 Å². The fraction of sp³-hybridized carbons (Fsp3) is 0.250. The standard InChI is InChI=1S/C16H18F2N2O2S/c1-20(2)11-13-6-4-3-5-12(13)10-19-23(21,22)16-9-14(17)7-8-15(16)18/h3-9,19H,10-11H2,1-2H3. The second-order valence-corrected chi connectivity index (χ2v) is 7.14. The van der Waals surface area contributed by atoms with Gasteiger partial charge in [-0.25, -0.2) is 21.9 Å². The average molecular weight is 340 g/mol. The summed E-state index contributed by atoms with van der Waals surface area (Å²) < 4.78 is 53.5. The van der Waals surface area contributed by atoms with Crippen LogP contribution in [-0.4, -0.2) is 27.4 Å². The second kappa shape index (κ2) is 7.16. The number of benzene rings is 2. The van der Waals surface area contributed by atoms with Gasteiger partial charge in [-0.2, -0.15) is 0 Å². The van der Waals surface area contributed by atoms with Gasteiger partial charge in [-0.15, -0.1) is 0 Å². The highest BCUT2D eigenvalue weighted by Gasteiger charge is 2.20. The number of sulfonamides is 1. The van der Waals surface area contributed by atoms with Crippen molar-refractivity contribution in [2.45, 2.75) is 18.0 Å². The van der Waals surface area contributed by atoms with E-state index in [4.69, 9.17) is 0 Å². The quantitative estimate of drug-likeness (QED) is 0.879. The van der Waals surface area contributed by atoms with Gasteiger partial charge < -0.3 is 4.90 Å². The zero-order valence-corrected chi connectivity index (χ0v) is 13.7. The molecule has 4 nitrogen and oxygen atoms in total. The SMILES string of the molecule is CN(C)Cc1ccccc1CNS(=O)(=O)c1cc(F)ccc1F. The summed E-state index contributed by atoms with van der Waals surface area (Å²) in [5.74, 6) is -1.79. The van der Waals surface area contributed by atoms with E-state index in [1.807, 2.05) is 31.1 Å². The fourth-order valence-corrected chi connectivity index (χ4v) is 3.25. The third kappa shape index (κ3) is 4.57. The number of halogens is 2. The highest BCUT2D eigenvalue weighted by molar-refractivity contribution is 7.89. The van der Waals surface area contributed by atoms with Gasteiger partial charge in [0.1, 0.15) is 16.5 Å². The van der Waals surface area contributed by atoms with Crippen LogP contribution in [0, 0.1) is 11.6 Å². The Morgan fingerprint density at radius 1 is 1.04 bits per heavy atom. The number of rotatable bonds is 6. The minimum Gasteiger partial charge on any atom is -0.305 e. The van der Waals surface area contributed by atoms with Crippen molar-refractivity contribution in [1.82, 2.24) is 9.62 Å². The first kappa shape index (κ1) is 17.5. The highest BCUT2D eigenvalue weighted by Crippen LogP contribution is 2.17. The van der Waals surface area contributed by atoms with E-state index >= 15 is 0 Å². The van der Waals surface area contributed by atoms with Gasteiger partial charge in [-0.3, -0.25) is 0 Å². The lowest BCUT2D eigenvalue weighted by Gasteiger charge is -2.15. The molecule has 0 aliphatic rings. The summed E-state index contributed by atoms with van der Waals surface area (Å²) in [6.07, 6.45) is 0. The smallest absolute Gasteiger partial charge is 0.243 e. The van der Waals surface area contributed by atoms with Gasteiger partial charge in [0.15, 0.2) is 0 Å². The van der Waals surface area contributed by atoms with Crippen molar-refractivity contribution in [3.05, 3.63) is 65.2 Å². The Morgan fingerprint density at radius 2 is 1.70 bits per heavy atom. The largest absolute Gasteiger partial charge is 0.305 e. The number of hydrogen-bond donors (Lipinski definition) is 1. The van der Waals surface area contributed by atoms with Crippen LogP contribution >= 0.6 is 0 Å². The van der Waals surface area contributed by atoms with Crippen LogP contribution in [0.3, 0.4) is 0 Å². The predicted octanol–water partition coefficient (Wildman–Crippen LogP) is 2.50. The topological polar surface area (TPSA) is 49.4 Å². The first-order chi connectivity index (χ1) is 10.8. The molecule has 0 fully saturated rings. The molecule has 0 spiro atoms. The van der Waals surface area contributed by atoms with Gasteiger partial charge in [0.05, 0.1) is 0 Å². The van der Waals surface area contributed by atoms with Crippen LogP contribution in [0.15, 0.2) is 47.4 Å². The van der Waals surface area contributed by atoms with Crippen LogP contribution in [0.4, 0.5) is 8.78 Å². The maximum Gasteiger partial charge on any atom is 0.243 e. The molecule has 0 bridgehead atoms. The van der Waals surface area contributed by atoms with Crippen molar-refractivity contribution in [3.8, 4) is 0 Å². The molecule has 0 atom stereocenters. The summed E-state index contributed by atoms with van der Waals surface area (Å²) in [6.45, 7) is 0.647. The summed E-state index contributed by atoms with van der Waals surface area (Å²) in [5.41, 5.74) is 1.74. The van der Waals surface area contributed by atoms with Crippen LogP contribution in [-0.2, 0) is 23.1 Å². The lowest BCUT2D eigenvalue weighted by molar-refractivity contribution is 0.400. The molecular formula is C16H18F2N2O2S. The molecule has 0 saturated carbocycles. The van der Waals surface area contributed by atoms with Gasteiger partial charge in [-0.1, -0.05) is 24.3 Å². The molecule has 124 valence electrons. The lowest BCUT2D eigenvalue weighted by Crippen LogP contribution is -2.25. The van der Waals surface area contributed by atoms with E-state index in [0.29, 0.717) is 12.6 Å². The maximum atomic E-state index is 13.6. The van der Waals surface area contributed by atoms with Crippen molar-refractivity contribution in [2.75, 3.05) is 14.1 Å². The number of nitrogens with zero attached hydrogens (tertiary/aromatic N) is 1. The molecule has 0 amide bonds. The minimum atomic E-state index is -4.14. The third-order valence-corrected chi connectivity index (χ3v) is 4.66. The Balaban J connectivity index is 2.22. The molecule has 1 N–H and O–H groups in total. The van der Waals surface area contributed by atoms with Crippen LogP contribution < -0.4 is 4.72 Å². The Kier molecular flexibility index (Phi) is 5.46. The van der Waals surface area contributed by atoms with Crippen molar-refractivity contribution < 1.29 is 17.2 Å². The van der Waals surface area contributed by atoms with Gasteiger partial charge in [0, 0.05) is 13.1 Å². The van der Waals surface area contributed by atoms with Crippen LogP contribution in [0.5, 0.6) is 0 Å². The summed E-state index contributed by atoms with van der Waals surface area (Å²) in [6, 6.07) is 9.69. The van der Waals surface area contributed by atoms with Crippen LogP contribution in [0.25, 0.3) is 0 Å². The van der Waals surface area contributed by atoms with Gasteiger partial charge in [-0.05, 0) is 43.4 Å². The third-order valence-electron chi connectivity index (χ3n) is 3.24. The van der Waals surface area contributed by atoms with Crippen molar-refractivity contribution in [2.24, 2.45) is 0 Å². The minimum absolute atomic E-state index is 0.00228. The molecule has 0 radical (unpaired) electrons. The predicted molar refractivity (Wildman–Crippen MR) is 84.2 cm³/mol. The molecule has 0 unspecified atom stereocenters. The Bertz CT molecular complexity index is 792. The van der Waals surface area contributed by atoms with Crippen molar-refractivity contribution in [3.63, 3.8) is 0 Å². The molecule has 2 aromatic rings. The Labute approximate surface area is 134 Å². The molecule has 2 aromatic carbocycles. The van der Waals surface area contributed by atoms with E-state index in [0.717, 1.165) is 23.3 Å². The second-order valence-electron chi connectivity index (χ2n) is 5.41. The van der Waals surface area contributed by atoms with E-state index in [9.17, 15) is 17.2 Å². The van der Waals surface area contributed by atoms with Crippen LogP contribution in [0.1, 0.15) is 11.1 Å². The number of hydrogen-bond acceptors (Lipinski definition) is 3. The van der Waals surface area contributed by atoms with Gasteiger partial charge >= 0.3 is 0 Å².